The van der Waals surface area contributed by atoms with Crippen LogP contribution in [0.5, 0.6) is 0 Å². The van der Waals surface area contributed by atoms with E-state index in [4.69, 9.17) is 11.6 Å². The number of rotatable bonds is 4. The molecule has 11 heteroatoms. The zero-order valence-corrected chi connectivity index (χ0v) is 13.4. The molecule has 0 saturated carbocycles. The Morgan fingerprint density at radius 2 is 2.10 bits per heavy atom. The molecule has 0 saturated heterocycles. The Morgan fingerprint density at radius 1 is 1.40 bits per heavy atom. The maximum absolute atomic E-state index is 12.1. The molecule has 0 aliphatic rings. The smallest absolute Gasteiger partial charge is 0.258 e. The molecule has 106 valence electrons. The van der Waals surface area contributed by atoms with Crippen LogP contribution in [0.3, 0.4) is 0 Å². The van der Waals surface area contributed by atoms with Gasteiger partial charge in [-0.25, -0.2) is 13.4 Å². The summed E-state index contributed by atoms with van der Waals surface area (Å²) >= 11 is 9.69. The third kappa shape index (κ3) is 3.08. The monoisotopic (exact) mass is 397 g/mol. The summed E-state index contributed by atoms with van der Waals surface area (Å²) in [6.07, 6.45) is 0. The second-order valence-electron chi connectivity index (χ2n) is 3.42. The quantitative estimate of drug-likeness (QED) is 0.484. The summed E-state index contributed by atoms with van der Waals surface area (Å²) in [5.74, 6) is -0.428. The third-order valence-electron chi connectivity index (χ3n) is 2.10. The number of nitrogens with zero attached hydrogens (tertiary/aromatic N) is 2. The average molecular weight is 399 g/mol. The number of thiophene rings is 1. The van der Waals surface area contributed by atoms with Gasteiger partial charge in [0.05, 0.1) is 4.92 Å². The molecule has 2 aromatic rings. The van der Waals surface area contributed by atoms with Crippen LogP contribution < -0.4 is 4.72 Å². The molecule has 2 aromatic heterocycles. The van der Waals surface area contributed by atoms with Gasteiger partial charge < -0.3 is 0 Å². The van der Waals surface area contributed by atoms with Crippen molar-refractivity contribution in [3.05, 3.63) is 43.3 Å². The molecule has 0 unspecified atom stereocenters. The number of hydrogen-bond donors (Lipinski definition) is 1. The SMILES string of the molecule is O=[N+]([O-])c1ccc(Cl)nc1NS(=O)(=O)c1sccc1Br. The molecule has 0 aliphatic heterocycles. The summed E-state index contributed by atoms with van der Waals surface area (Å²) in [4.78, 5) is 13.7. The second-order valence-corrected chi connectivity index (χ2v) is 7.46. The van der Waals surface area contributed by atoms with Gasteiger partial charge >= 0.3 is 5.69 Å². The van der Waals surface area contributed by atoms with E-state index in [9.17, 15) is 18.5 Å². The highest BCUT2D eigenvalue weighted by molar-refractivity contribution is 9.10. The van der Waals surface area contributed by atoms with Crippen LogP contribution in [0, 0.1) is 10.1 Å². The molecule has 0 aliphatic carbocycles. The van der Waals surface area contributed by atoms with Crippen molar-refractivity contribution < 1.29 is 13.3 Å². The number of pyridine rings is 1. The summed E-state index contributed by atoms with van der Waals surface area (Å²) in [7, 11) is -3.98. The zero-order valence-electron chi connectivity index (χ0n) is 9.41. The van der Waals surface area contributed by atoms with Crippen molar-refractivity contribution in [2.45, 2.75) is 4.21 Å². The maximum Gasteiger partial charge on any atom is 0.312 e. The molecule has 0 radical (unpaired) electrons. The largest absolute Gasteiger partial charge is 0.312 e. The Balaban J connectivity index is 2.47. The Hall–Kier alpha value is -1.23. The third-order valence-corrected chi connectivity index (χ3v) is 6.32. The van der Waals surface area contributed by atoms with Crippen molar-refractivity contribution in [1.82, 2.24) is 4.98 Å². The first-order chi connectivity index (χ1) is 9.31. The zero-order chi connectivity index (χ0) is 14.9. The van der Waals surface area contributed by atoms with Crippen molar-refractivity contribution in [3.63, 3.8) is 0 Å². The highest BCUT2D eigenvalue weighted by Gasteiger charge is 2.25. The number of hydrogen-bond acceptors (Lipinski definition) is 6. The van der Waals surface area contributed by atoms with Gasteiger partial charge in [-0.05, 0) is 33.4 Å². The molecule has 7 nitrogen and oxygen atoms in total. The molecule has 20 heavy (non-hydrogen) atoms. The topological polar surface area (TPSA) is 102 Å². The lowest BCUT2D eigenvalue weighted by Crippen LogP contribution is -2.14. The van der Waals surface area contributed by atoms with Crippen LogP contribution in [0.2, 0.25) is 5.15 Å². The fourth-order valence-corrected chi connectivity index (χ4v) is 4.80. The van der Waals surface area contributed by atoms with E-state index in [1.54, 1.807) is 11.4 Å². The number of sulfonamides is 1. The summed E-state index contributed by atoms with van der Waals surface area (Å²) in [5, 5.41) is 12.4. The van der Waals surface area contributed by atoms with Gasteiger partial charge in [-0.2, -0.15) is 0 Å². The van der Waals surface area contributed by atoms with Crippen LogP contribution in [0.4, 0.5) is 11.5 Å². The van der Waals surface area contributed by atoms with E-state index in [0.717, 1.165) is 17.4 Å². The number of nitrogens with one attached hydrogen (secondary N) is 1. The molecule has 2 rings (SSSR count). The van der Waals surface area contributed by atoms with Gasteiger partial charge in [-0.1, -0.05) is 11.6 Å². The molecule has 0 aromatic carbocycles. The Morgan fingerprint density at radius 3 is 2.65 bits per heavy atom. The highest BCUT2D eigenvalue weighted by atomic mass is 79.9. The number of aromatic nitrogens is 1. The fraction of sp³-hybridized carbons (Fsp3) is 0. The molecule has 0 bridgehead atoms. The van der Waals surface area contributed by atoms with Gasteiger partial charge in [-0.3, -0.25) is 14.8 Å². The van der Waals surface area contributed by atoms with Crippen molar-refractivity contribution in [2.75, 3.05) is 4.72 Å². The minimum absolute atomic E-state index is 0.00595. The normalized spacial score (nSPS) is 11.3. The van der Waals surface area contributed by atoms with Gasteiger partial charge in [0.1, 0.15) is 5.15 Å². The molecular weight excluding hydrogens is 394 g/mol. The lowest BCUT2D eigenvalue weighted by atomic mass is 10.4. The first-order valence-electron chi connectivity index (χ1n) is 4.88. The number of nitro groups is 1. The molecule has 1 N–H and O–H groups in total. The van der Waals surface area contributed by atoms with E-state index in [0.29, 0.717) is 4.47 Å². The summed E-state index contributed by atoms with van der Waals surface area (Å²) in [5.41, 5.74) is -0.481. The van der Waals surface area contributed by atoms with Crippen LogP contribution in [0.1, 0.15) is 0 Å². The molecule has 0 spiro atoms. The fourth-order valence-electron chi connectivity index (χ4n) is 1.30. The Bertz CT molecular complexity index is 777. The Labute approximate surface area is 130 Å². The number of anilines is 1. The van der Waals surface area contributed by atoms with Crippen molar-refractivity contribution in [1.29, 1.82) is 0 Å². The van der Waals surface area contributed by atoms with Crippen LogP contribution in [-0.4, -0.2) is 18.3 Å². The predicted molar refractivity (Wildman–Crippen MR) is 78.7 cm³/mol. The standard InChI is InChI=1S/C9H5BrClN3O4S2/c10-5-3-4-19-9(5)20(17,18)13-8-6(14(15)16)1-2-7(11)12-8/h1-4H,(H,12,13). The second kappa shape index (κ2) is 5.64. The predicted octanol–water partition coefficient (Wildman–Crippen LogP) is 3.27. The van der Waals surface area contributed by atoms with Crippen molar-refractivity contribution in [2.24, 2.45) is 0 Å². The summed E-state index contributed by atoms with van der Waals surface area (Å²) in [6, 6.07) is 3.84. The van der Waals surface area contributed by atoms with E-state index in [1.165, 1.54) is 6.07 Å². The van der Waals surface area contributed by atoms with Crippen molar-refractivity contribution in [3.8, 4) is 0 Å². The van der Waals surface area contributed by atoms with Crippen LogP contribution in [0.15, 0.2) is 32.3 Å². The van der Waals surface area contributed by atoms with E-state index in [2.05, 4.69) is 25.6 Å². The molecule has 2 heterocycles. The van der Waals surface area contributed by atoms with Gasteiger partial charge in [0.15, 0.2) is 4.21 Å². The minimum atomic E-state index is -3.98. The van der Waals surface area contributed by atoms with Gasteiger partial charge in [-0.15, -0.1) is 11.3 Å². The van der Waals surface area contributed by atoms with E-state index < -0.39 is 26.5 Å². The maximum atomic E-state index is 12.1. The van der Waals surface area contributed by atoms with Crippen LogP contribution >= 0.6 is 38.9 Å². The average Bonchev–Trinajstić information content (AvgIpc) is 2.75. The van der Waals surface area contributed by atoms with E-state index in [1.807, 2.05) is 0 Å². The first-order valence-corrected chi connectivity index (χ1v) is 8.41. The molecular formula is C9H5BrClN3O4S2. The lowest BCUT2D eigenvalue weighted by Gasteiger charge is -2.06. The molecule has 0 atom stereocenters. The first kappa shape index (κ1) is 15.2. The minimum Gasteiger partial charge on any atom is -0.258 e. The highest BCUT2D eigenvalue weighted by Crippen LogP contribution is 2.31. The van der Waals surface area contributed by atoms with Crippen LogP contribution in [-0.2, 0) is 10.0 Å². The van der Waals surface area contributed by atoms with Crippen LogP contribution in [0.25, 0.3) is 0 Å². The molecule has 0 fully saturated rings. The van der Waals surface area contributed by atoms with Gasteiger partial charge in [0, 0.05) is 10.5 Å². The summed E-state index contributed by atoms with van der Waals surface area (Å²) in [6.45, 7) is 0. The molecule has 0 amide bonds. The summed E-state index contributed by atoms with van der Waals surface area (Å²) < 4.78 is 26.7. The lowest BCUT2D eigenvalue weighted by molar-refractivity contribution is -0.384. The Kier molecular flexibility index (Phi) is 4.28. The number of halogens is 2. The van der Waals surface area contributed by atoms with E-state index >= 15 is 0 Å². The van der Waals surface area contributed by atoms with Crippen molar-refractivity contribution >= 4 is 60.4 Å². The van der Waals surface area contributed by atoms with E-state index in [-0.39, 0.29) is 9.36 Å². The van der Waals surface area contributed by atoms with Gasteiger partial charge in [0.25, 0.3) is 10.0 Å². The van der Waals surface area contributed by atoms with Gasteiger partial charge in [0.2, 0.25) is 5.82 Å².